The van der Waals surface area contributed by atoms with Gasteiger partial charge in [0.15, 0.2) is 0 Å². The zero-order chi connectivity index (χ0) is 13.8. The number of aromatic nitrogens is 3. The monoisotopic (exact) mass is 279 g/mol. The van der Waals surface area contributed by atoms with Gasteiger partial charge in [0.25, 0.3) is 0 Å². The van der Waals surface area contributed by atoms with Crippen LogP contribution in [-0.4, -0.2) is 29.0 Å². The van der Waals surface area contributed by atoms with Gasteiger partial charge in [-0.25, -0.2) is 0 Å². The molecular weight excluding hydrogens is 266 g/mol. The summed E-state index contributed by atoms with van der Waals surface area (Å²) in [6.45, 7) is 0.274. The Labute approximate surface area is 116 Å². The van der Waals surface area contributed by atoms with Crippen molar-refractivity contribution in [1.82, 2.24) is 15.0 Å². The minimum Gasteiger partial charge on any atom is -0.458 e. The van der Waals surface area contributed by atoms with E-state index in [1.807, 2.05) is 32.3 Å². The summed E-state index contributed by atoms with van der Waals surface area (Å²) >= 11 is 6.04. The van der Waals surface area contributed by atoms with Crippen LogP contribution in [0.3, 0.4) is 0 Å². The summed E-state index contributed by atoms with van der Waals surface area (Å²) < 4.78 is 5.49. The van der Waals surface area contributed by atoms with Gasteiger partial charge in [0, 0.05) is 24.7 Å². The van der Waals surface area contributed by atoms with Crippen LogP contribution in [0.4, 0.5) is 11.9 Å². The molecular formula is C12H14ClN5O. The maximum absolute atomic E-state index is 6.04. The van der Waals surface area contributed by atoms with Crippen molar-refractivity contribution >= 4 is 23.5 Å². The predicted octanol–water partition coefficient (Wildman–Crippen LogP) is 1.75. The maximum atomic E-state index is 6.04. The lowest BCUT2D eigenvalue weighted by atomic mass is 10.2. The van der Waals surface area contributed by atoms with Gasteiger partial charge in [0.2, 0.25) is 11.9 Å². The van der Waals surface area contributed by atoms with Crippen LogP contribution in [-0.2, 0) is 6.61 Å². The van der Waals surface area contributed by atoms with E-state index in [0.717, 1.165) is 5.56 Å². The molecule has 0 aliphatic rings. The third kappa shape index (κ3) is 3.45. The first-order valence-corrected chi connectivity index (χ1v) is 5.99. The Hall–Kier alpha value is -2.08. The number of rotatable bonds is 4. The largest absolute Gasteiger partial charge is 0.458 e. The van der Waals surface area contributed by atoms with E-state index < -0.39 is 0 Å². The molecule has 0 aliphatic heterocycles. The Morgan fingerprint density at radius 1 is 1.21 bits per heavy atom. The Balaban J connectivity index is 2.14. The molecule has 0 unspecified atom stereocenters. The van der Waals surface area contributed by atoms with Gasteiger partial charge in [0.1, 0.15) is 6.61 Å². The summed E-state index contributed by atoms with van der Waals surface area (Å²) in [6, 6.07) is 7.60. The third-order valence-corrected chi connectivity index (χ3v) is 2.70. The number of ether oxygens (including phenoxy) is 1. The smallest absolute Gasteiger partial charge is 0.323 e. The minimum atomic E-state index is 0.118. The highest BCUT2D eigenvalue weighted by Gasteiger charge is 2.08. The van der Waals surface area contributed by atoms with Crippen molar-refractivity contribution in [3.63, 3.8) is 0 Å². The molecule has 0 radical (unpaired) electrons. The quantitative estimate of drug-likeness (QED) is 0.919. The van der Waals surface area contributed by atoms with Crippen molar-refractivity contribution in [2.45, 2.75) is 6.61 Å². The number of nitrogen functional groups attached to an aromatic ring is 1. The molecule has 0 bridgehead atoms. The molecule has 0 aliphatic carbocycles. The molecule has 100 valence electrons. The van der Waals surface area contributed by atoms with Crippen LogP contribution in [0.25, 0.3) is 0 Å². The van der Waals surface area contributed by atoms with Crippen LogP contribution in [0.5, 0.6) is 6.01 Å². The molecule has 0 fully saturated rings. The summed E-state index contributed by atoms with van der Waals surface area (Å²) in [4.78, 5) is 13.8. The van der Waals surface area contributed by atoms with Crippen LogP contribution < -0.4 is 15.4 Å². The highest BCUT2D eigenvalue weighted by Crippen LogP contribution is 2.17. The summed E-state index contributed by atoms with van der Waals surface area (Å²) in [5.74, 6) is 0.564. The first kappa shape index (κ1) is 13.4. The molecule has 0 spiro atoms. The summed E-state index contributed by atoms with van der Waals surface area (Å²) in [5.41, 5.74) is 6.46. The molecule has 0 amide bonds. The summed E-state index contributed by atoms with van der Waals surface area (Å²) in [6.07, 6.45) is 0. The Morgan fingerprint density at radius 3 is 2.63 bits per heavy atom. The lowest BCUT2D eigenvalue weighted by molar-refractivity contribution is 0.280. The molecule has 2 aromatic rings. The maximum Gasteiger partial charge on any atom is 0.323 e. The number of hydrogen-bond donors (Lipinski definition) is 1. The highest BCUT2D eigenvalue weighted by molar-refractivity contribution is 6.31. The second-order valence-corrected chi connectivity index (χ2v) is 4.46. The molecule has 0 atom stereocenters. The number of anilines is 2. The van der Waals surface area contributed by atoms with E-state index in [1.165, 1.54) is 0 Å². The van der Waals surface area contributed by atoms with Crippen LogP contribution in [0.1, 0.15) is 5.56 Å². The second-order valence-electron chi connectivity index (χ2n) is 4.05. The van der Waals surface area contributed by atoms with E-state index in [2.05, 4.69) is 15.0 Å². The van der Waals surface area contributed by atoms with Gasteiger partial charge in [-0.3, -0.25) is 0 Å². The van der Waals surface area contributed by atoms with Gasteiger partial charge in [-0.1, -0.05) is 29.8 Å². The first-order valence-electron chi connectivity index (χ1n) is 5.61. The second kappa shape index (κ2) is 5.71. The average molecular weight is 280 g/mol. The van der Waals surface area contributed by atoms with E-state index in [0.29, 0.717) is 11.0 Å². The SMILES string of the molecule is CN(C)c1nc(N)nc(OCc2ccccc2Cl)n1. The van der Waals surface area contributed by atoms with Gasteiger partial charge in [-0.15, -0.1) is 0 Å². The van der Waals surface area contributed by atoms with Crippen molar-refractivity contribution in [3.8, 4) is 6.01 Å². The molecule has 19 heavy (non-hydrogen) atoms. The van der Waals surface area contributed by atoms with Crippen LogP contribution in [0.15, 0.2) is 24.3 Å². The average Bonchev–Trinajstić information content (AvgIpc) is 2.37. The molecule has 2 rings (SSSR count). The van der Waals surface area contributed by atoms with Gasteiger partial charge in [-0.05, 0) is 6.07 Å². The Bertz CT molecular complexity index is 576. The van der Waals surface area contributed by atoms with Crippen LogP contribution >= 0.6 is 11.6 Å². The van der Waals surface area contributed by atoms with Gasteiger partial charge >= 0.3 is 6.01 Å². The molecule has 6 nitrogen and oxygen atoms in total. The fourth-order valence-corrected chi connectivity index (χ4v) is 1.57. The van der Waals surface area contributed by atoms with Crippen molar-refractivity contribution in [2.75, 3.05) is 24.7 Å². The first-order chi connectivity index (χ1) is 9.06. The van der Waals surface area contributed by atoms with E-state index in [1.54, 1.807) is 11.0 Å². The molecule has 1 aromatic carbocycles. The molecule has 0 saturated heterocycles. The third-order valence-electron chi connectivity index (χ3n) is 2.33. The normalized spacial score (nSPS) is 10.3. The van der Waals surface area contributed by atoms with E-state index in [4.69, 9.17) is 22.1 Å². The predicted molar refractivity (Wildman–Crippen MR) is 74.4 cm³/mol. The Morgan fingerprint density at radius 2 is 1.95 bits per heavy atom. The van der Waals surface area contributed by atoms with Crippen LogP contribution in [0.2, 0.25) is 5.02 Å². The van der Waals surface area contributed by atoms with E-state index in [-0.39, 0.29) is 18.6 Å². The van der Waals surface area contributed by atoms with Gasteiger partial charge in [0.05, 0.1) is 0 Å². The molecule has 0 saturated carbocycles. The number of benzene rings is 1. The zero-order valence-electron chi connectivity index (χ0n) is 10.7. The van der Waals surface area contributed by atoms with E-state index >= 15 is 0 Å². The topological polar surface area (TPSA) is 77.2 Å². The summed E-state index contributed by atoms with van der Waals surface area (Å²) in [5, 5.41) is 0.636. The lowest BCUT2D eigenvalue weighted by Gasteiger charge is -2.12. The zero-order valence-corrected chi connectivity index (χ0v) is 11.4. The van der Waals surface area contributed by atoms with Crippen molar-refractivity contribution < 1.29 is 4.74 Å². The lowest BCUT2D eigenvalue weighted by Crippen LogP contribution is -2.15. The standard InChI is InChI=1S/C12H14ClN5O/c1-18(2)11-15-10(14)16-12(17-11)19-7-8-5-3-4-6-9(8)13/h3-6H,7H2,1-2H3,(H2,14,15,16,17). The summed E-state index contributed by atoms with van der Waals surface area (Å²) in [7, 11) is 3.62. The Kier molecular flexibility index (Phi) is 4.01. The van der Waals surface area contributed by atoms with Crippen molar-refractivity contribution in [2.24, 2.45) is 0 Å². The molecule has 1 heterocycles. The molecule has 7 heteroatoms. The van der Waals surface area contributed by atoms with Crippen LogP contribution in [0, 0.1) is 0 Å². The number of halogens is 1. The number of hydrogen-bond acceptors (Lipinski definition) is 6. The fourth-order valence-electron chi connectivity index (χ4n) is 1.38. The number of nitrogens with zero attached hydrogens (tertiary/aromatic N) is 4. The highest BCUT2D eigenvalue weighted by atomic mass is 35.5. The fraction of sp³-hybridized carbons (Fsp3) is 0.250. The minimum absolute atomic E-state index is 0.118. The van der Waals surface area contributed by atoms with Gasteiger partial charge < -0.3 is 15.4 Å². The molecule has 1 aromatic heterocycles. The van der Waals surface area contributed by atoms with E-state index in [9.17, 15) is 0 Å². The molecule has 2 N–H and O–H groups in total. The number of nitrogens with two attached hydrogens (primary N) is 1. The van der Waals surface area contributed by atoms with Crippen molar-refractivity contribution in [3.05, 3.63) is 34.9 Å². The van der Waals surface area contributed by atoms with Crippen molar-refractivity contribution in [1.29, 1.82) is 0 Å². The van der Waals surface area contributed by atoms with Gasteiger partial charge in [-0.2, -0.15) is 15.0 Å².